The molecular formula is C25H37N5O4. The van der Waals surface area contributed by atoms with Gasteiger partial charge in [-0.3, -0.25) is 9.88 Å². The van der Waals surface area contributed by atoms with E-state index in [1.807, 2.05) is 19.1 Å². The average Bonchev–Trinajstić information content (AvgIpc) is 2.86. The first kappa shape index (κ1) is 24.7. The fourth-order valence-corrected chi connectivity index (χ4v) is 4.51. The number of nitrogens with one attached hydrogen (secondary N) is 1. The highest BCUT2D eigenvalue weighted by Gasteiger charge is 2.33. The van der Waals surface area contributed by atoms with Crippen LogP contribution in [-0.4, -0.2) is 91.3 Å². The lowest BCUT2D eigenvalue weighted by molar-refractivity contribution is 0.0258. The molecule has 2 N–H and O–H groups in total. The van der Waals surface area contributed by atoms with Gasteiger partial charge in [0.25, 0.3) is 0 Å². The molecule has 2 aliphatic heterocycles. The number of nitrogens with zero attached hydrogens (tertiary/aromatic N) is 4. The maximum atomic E-state index is 11.2. The zero-order valence-electron chi connectivity index (χ0n) is 20.1. The van der Waals surface area contributed by atoms with Crippen LogP contribution in [0.15, 0.2) is 36.8 Å². The van der Waals surface area contributed by atoms with E-state index < -0.39 is 5.60 Å². The van der Waals surface area contributed by atoms with Crippen molar-refractivity contribution in [3.05, 3.63) is 42.4 Å². The molecule has 0 aliphatic carbocycles. The van der Waals surface area contributed by atoms with E-state index in [0.717, 1.165) is 75.1 Å². The van der Waals surface area contributed by atoms with Crippen LogP contribution in [0.1, 0.15) is 25.3 Å². The normalized spacial score (nSPS) is 21.4. The molecule has 2 aliphatic rings. The Hall–Kier alpha value is -2.46. The van der Waals surface area contributed by atoms with E-state index in [-0.39, 0.29) is 0 Å². The number of hydrogen-bond donors (Lipinski definition) is 2. The third-order valence-electron chi connectivity index (χ3n) is 6.29. The van der Waals surface area contributed by atoms with Gasteiger partial charge in [0.1, 0.15) is 12.4 Å². The molecule has 1 aromatic carbocycles. The predicted octanol–water partition coefficient (Wildman–Crippen LogP) is 1.71. The molecule has 186 valence electrons. The summed E-state index contributed by atoms with van der Waals surface area (Å²) in [4.78, 5) is 13.0. The minimum atomic E-state index is -0.805. The molecule has 2 fully saturated rings. The van der Waals surface area contributed by atoms with E-state index in [9.17, 15) is 5.11 Å². The maximum Gasteiger partial charge on any atom is 0.161 e. The first-order chi connectivity index (χ1) is 16.6. The molecule has 0 spiro atoms. The third kappa shape index (κ3) is 7.02. The van der Waals surface area contributed by atoms with Crippen LogP contribution < -0.4 is 19.7 Å². The number of hydrogen-bond acceptors (Lipinski definition) is 9. The van der Waals surface area contributed by atoms with Crippen LogP contribution in [0.3, 0.4) is 0 Å². The maximum absolute atomic E-state index is 11.2. The fraction of sp³-hybridized carbons (Fsp3) is 0.600. The van der Waals surface area contributed by atoms with E-state index in [1.54, 1.807) is 18.6 Å². The molecule has 34 heavy (non-hydrogen) atoms. The molecule has 1 aromatic heterocycles. The molecule has 0 radical (unpaired) electrons. The van der Waals surface area contributed by atoms with Crippen LogP contribution in [-0.2, 0) is 11.3 Å². The highest BCUT2D eigenvalue weighted by Crippen LogP contribution is 2.29. The SMILES string of the molecule is CCOc1cc(CNCC2(O)CCCN(c3cnccn3)C2)ccc1OCCN1CCOCC1. The second-order valence-electron chi connectivity index (χ2n) is 8.93. The van der Waals surface area contributed by atoms with Crippen LogP contribution in [0.2, 0.25) is 0 Å². The van der Waals surface area contributed by atoms with Gasteiger partial charge in [0.2, 0.25) is 0 Å². The number of piperidine rings is 1. The van der Waals surface area contributed by atoms with Crippen molar-refractivity contribution in [2.75, 3.05) is 70.6 Å². The Balaban J connectivity index is 1.27. The van der Waals surface area contributed by atoms with Gasteiger partial charge in [0.05, 0.1) is 31.6 Å². The van der Waals surface area contributed by atoms with Crippen LogP contribution in [0.5, 0.6) is 11.5 Å². The zero-order chi connectivity index (χ0) is 23.6. The quantitative estimate of drug-likeness (QED) is 0.508. The van der Waals surface area contributed by atoms with Crippen molar-refractivity contribution in [2.24, 2.45) is 0 Å². The van der Waals surface area contributed by atoms with Crippen molar-refractivity contribution in [3.8, 4) is 11.5 Å². The van der Waals surface area contributed by atoms with E-state index in [4.69, 9.17) is 14.2 Å². The molecule has 2 aromatic rings. The first-order valence-corrected chi connectivity index (χ1v) is 12.3. The highest BCUT2D eigenvalue weighted by atomic mass is 16.5. The van der Waals surface area contributed by atoms with Crippen molar-refractivity contribution in [2.45, 2.75) is 31.9 Å². The molecule has 9 nitrogen and oxygen atoms in total. The van der Waals surface area contributed by atoms with Gasteiger partial charge >= 0.3 is 0 Å². The van der Waals surface area contributed by atoms with Gasteiger partial charge in [0.15, 0.2) is 11.5 Å². The van der Waals surface area contributed by atoms with Gasteiger partial charge in [-0.05, 0) is 37.5 Å². The van der Waals surface area contributed by atoms with E-state index in [0.29, 0.717) is 32.8 Å². The number of rotatable bonds is 11. The van der Waals surface area contributed by atoms with Crippen LogP contribution in [0, 0.1) is 0 Å². The summed E-state index contributed by atoms with van der Waals surface area (Å²) in [6.07, 6.45) is 6.78. The lowest BCUT2D eigenvalue weighted by atomic mass is 9.92. The third-order valence-corrected chi connectivity index (χ3v) is 6.29. The minimum absolute atomic E-state index is 0.505. The Morgan fingerprint density at radius 3 is 2.82 bits per heavy atom. The zero-order valence-corrected chi connectivity index (χ0v) is 20.1. The number of anilines is 1. The second-order valence-corrected chi connectivity index (χ2v) is 8.93. The van der Waals surface area contributed by atoms with E-state index in [2.05, 4.69) is 31.2 Å². The monoisotopic (exact) mass is 471 g/mol. The summed E-state index contributed by atoms with van der Waals surface area (Å²) in [5, 5.41) is 14.6. The molecule has 1 unspecified atom stereocenters. The molecular weight excluding hydrogens is 434 g/mol. The predicted molar refractivity (Wildman–Crippen MR) is 131 cm³/mol. The number of aliphatic hydroxyl groups is 1. The minimum Gasteiger partial charge on any atom is -0.490 e. The van der Waals surface area contributed by atoms with Gasteiger partial charge in [-0.25, -0.2) is 4.98 Å². The molecule has 2 saturated heterocycles. The lowest BCUT2D eigenvalue weighted by Crippen LogP contribution is -2.53. The Morgan fingerprint density at radius 1 is 1.15 bits per heavy atom. The largest absolute Gasteiger partial charge is 0.490 e. The Labute approximate surface area is 202 Å². The van der Waals surface area contributed by atoms with Crippen molar-refractivity contribution in [1.82, 2.24) is 20.2 Å². The molecule has 3 heterocycles. The summed E-state index contributed by atoms with van der Waals surface area (Å²) in [6, 6.07) is 6.06. The molecule has 4 rings (SSSR count). The van der Waals surface area contributed by atoms with Gasteiger partial charge in [-0.1, -0.05) is 6.07 Å². The summed E-state index contributed by atoms with van der Waals surface area (Å²) in [5.41, 5.74) is 0.287. The van der Waals surface area contributed by atoms with Crippen molar-refractivity contribution in [3.63, 3.8) is 0 Å². The van der Waals surface area contributed by atoms with Crippen LogP contribution in [0.4, 0.5) is 5.82 Å². The number of ether oxygens (including phenoxy) is 3. The standard InChI is InChI=1S/C25H37N5O4/c1-2-33-23-16-21(4-5-22(23)34-15-12-29-10-13-32-14-11-29)17-27-19-25(31)6-3-9-30(20-25)24-18-26-7-8-28-24/h4-5,7-8,16,18,27,31H,2-3,6,9-15,17,19-20H2,1H3. The number of morpholine rings is 1. The Kier molecular flexibility index (Phi) is 8.92. The average molecular weight is 472 g/mol. The van der Waals surface area contributed by atoms with Crippen molar-refractivity contribution >= 4 is 5.82 Å². The topological polar surface area (TPSA) is 92.2 Å². The Bertz CT molecular complexity index is 881. The molecule has 0 amide bonds. The molecule has 1 atom stereocenters. The summed E-state index contributed by atoms with van der Waals surface area (Å²) < 4.78 is 17.3. The van der Waals surface area contributed by atoms with E-state index >= 15 is 0 Å². The van der Waals surface area contributed by atoms with Crippen LogP contribution >= 0.6 is 0 Å². The van der Waals surface area contributed by atoms with Gasteiger partial charge in [-0.15, -0.1) is 0 Å². The summed E-state index contributed by atoms with van der Waals surface area (Å²) >= 11 is 0. The highest BCUT2D eigenvalue weighted by molar-refractivity contribution is 5.43. The lowest BCUT2D eigenvalue weighted by Gasteiger charge is -2.39. The van der Waals surface area contributed by atoms with Gasteiger partial charge < -0.3 is 29.5 Å². The van der Waals surface area contributed by atoms with Crippen LogP contribution in [0.25, 0.3) is 0 Å². The molecule has 0 saturated carbocycles. The number of aromatic nitrogens is 2. The number of benzene rings is 1. The fourth-order valence-electron chi connectivity index (χ4n) is 4.51. The summed E-state index contributed by atoms with van der Waals surface area (Å²) in [7, 11) is 0. The molecule has 0 bridgehead atoms. The first-order valence-electron chi connectivity index (χ1n) is 12.3. The molecule has 9 heteroatoms. The number of β-amino-alcohol motifs (C(OH)–C–C–N with tert-alkyl or cyclic N) is 1. The summed E-state index contributed by atoms with van der Waals surface area (Å²) in [5.74, 6) is 2.34. The van der Waals surface area contributed by atoms with E-state index in [1.165, 1.54) is 0 Å². The van der Waals surface area contributed by atoms with Crippen molar-refractivity contribution in [1.29, 1.82) is 0 Å². The Morgan fingerprint density at radius 2 is 2.03 bits per heavy atom. The smallest absolute Gasteiger partial charge is 0.161 e. The second kappa shape index (κ2) is 12.3. The summed E-state index contributed by atoms with van der Waals surface area (Å²) in [6.45, 7) is 10.1. The van der Waals surface area contributed by atoms with Gasteiger partial charge in [-0.2, -0.15) is 0 Å². The van der Waals surface area contributed by atoms with Gasteiger partial charge in [0, 0.05) is 58.2 Å². The van der Waals surface area contributed by atoms with Crippen molar-refractivity contribution < 1.29 is 19.3 Å².